The molecule has 2 aromatic rings. The smallest absolute Gasteiger partial charge is 0.0667 e. The van der Waals surface area contributed by atoms with Crippen molar-refractivity contribution in [3.63, 3.8) is 0 Å². The van der Waals surface area contributed by atoms with E-state index in [4.69, 9.17) is 5.73 Å². The molecule has 1 aliphatic heterocycles. The number of pyridine rings is 1. The summed E-state index contributed by atoms with van der Waals surface area (Å²) in [7, 11) is 4.27. The summed E-state index contributed by atoms with van der Waals surface area (Å²) in [5, 5.41) is 1.30. The van der Waals surface area contributed by atoms with Gasteiger partial charge in [0.05, 0.1) is 11.7 Å². The van der Waals surface area contributed by atoms with Crippen LogP contribution in [-0.2, 0) is 7.05 Å². The summed E-state index contributed by atoms with van der Waals surface area (Å²) in [6.45, 7) is 1.08. The second-order valence-electron chi connectivity index (χ2n) is 5.37. The van der Waals surface area contributed by atoms with E-state index >= 15 is 0 Å². The second kappa shape index (κ2) is 4.37. The van der Waals surface area contributed by atoms with E-state index in [0.717, 1.165) is 19.4 Å². The van der Waals surface area contributed by atoms with Gasteiger partial charge in [0.25, 0.3) is 0 Å². The molecule has 3 heterocycles. The molecule has 3 rings (SSSR count). The van der Waals surface area contributed by atoms with E-state index in [-0.39, 0.29) is 0 Å². The number of nitrogens with two attached hydrogens (primary N) is 1. The van der Waals surface area contributed by atoms with E-state index < -0.39 is 0 Å². The van der Waals surface area contributed by atoms with E-state index in [1.807, 2.05) is 12.4 Å². The maximum absolute atomic E-state index is 6.13. The van der Waals surface area contributed by atoms with Crippen LogP contribution in [0.3, 0.4) is 0 Å². The molecule has 0 aromatic carbocycles. The summed E-state index contributed by atoms with van der Waals surface area (Å²) in [4.78, 5) is 6.62. The minimum Gasteiger partial charge on any atom is -0.349 e. The molecule has 2 aromatic heterocycles. The van der Waals surface area contributed by atoms with Crippen LogP contribution >= 0.6 is 0 Å². The molecule has 0 spiro atoms. The first-order valence-corrected chi connectivity index (χ1v) is 6.51. The third-order valence-corrected chi connectivity index (χ3v) is 4.09. The Hall–Kier alpha value is -1.39. The van der Waals surface area contributed by atoms with E-state index in [0.29, 0.717) is 12.1 Å². The third kappa shape index (κ3) is 1.82. The number of likely N-dealkylation sites (tertiary alicyclic amines) is 1. The molecule has 96 valence electrons. The molecule has 1 aliphatic rings. The van der Waals surface area contributed by atoms with Crippen LogP contribution in [0.4, 0.5) is 0 Å². The molecule has 4 heteroatoms. The van der Waals surface area contributed by atoms with Gasteiger partial charge in [-0.25, -0.2) is 0 Å². The van der Waals surface area contributed by atoms with Crippen LogP contribution in [0.25, 0.3) is 10.9 Å². The van der Waals surface area contributed by atoms with Crippen molar-refractivity contribution in [1.29, 1.82) is 0 Å². The maximum Gasteiger partial charge on any atom is 0.0667 e. The largest absolute Gasteiger partial charge is 0.349 e. The van der Waals surface area contributed by atoms with E-state index in [2.05, 4.69) is 40.8 Å². The Morgan fingerprint density at radius 2 is 2.22 bits per heavy atom. The number of aromatic nitrogens is 2. The van der Waals surface area contributed by atoms with Gasteiger partial charge in [-0.1, -0.05) is 0 Å². The summed E-state index contributed by atoms with van der Waals surface area (Å²) >= 11 is 0. The minimum absolute atomic E-state index is 0.322. The van der Waals surface area contributed by atoms with Gasteiger partial charge in [0.2, 0.25) is 0 Å². The van der Waals surface area contributed by atoms with Gasteiger partial charge >= 0.3 is 0 Å². The molecule has 0 aliphatic carbocycles. The molecule has 4 nitrogen and oxygen atoms in total. The van der Waals surface area contributed by atoms with Gasteiger partial charge in [-0.2, -0.15) is 0 Å². The molecular formula is C14H20N4. The number of hydrogen-bond acceptors (Lipinski definition) is 3. The first kappa shape index (κ1) is 11.7. The van der Waals surface area contributed by atoms with Crippen LogP contribution in [-0.4, -0.2) is 34.1 Å². The highest BCUT2D eigenvalue weighted by Gasteiger charge is 2.27. The lowest BCUT2D eigenvalue weighted by Crippen LogP contribution is -2.39. The zero-order valence-corrected chi connectivity index (χ0v) is 11.0. The average Bonchev–Trinajstić information content (AvgIpc) is 2.71. The fraction of sp³-hybridized carbons (Fsp3) is 0.500. The standard InChI is InChI=1S/C14H20N4/c1-17-6-4-10(15)7-13(17)12-9-18(2)14-8-16-5-3-11(12)14/h3,5,8-10,13H,4,6-7,15H2,1-2H3. The Labute approximate surface area is 107 Å². The Morgan fingerprint density at radius 1 is 1.39 bits per heavy atom. The van der Waals surface area contributed by atoms with Gasteiger partial charge < -0.3 is 10.3 Å². The second-order valence-corrected chi connectivity index (χ2v) is 5.37. The van der Waals surface area contributed by atoms with Crippen molar-refractivity contribution in [1.82, 2.24) is 14.5 Å². The van der Waals surface area contributed by atoms with Crippen LogP contribution in [0.5, 0.6) is 0 Å². The Bertz CT molecular complexity index is 560. The Balaban J connectivity index is 2.08. The molecule has 2 unspecified atom stereocenters. The van der Waals surface area contributed by atoms with E-state index in [1.54, 1.807) is 0 Å². The molecule has 1 fully saturated rings. The van der Waals surface area contributed by atoms with Gasteiger partial charge in [-0.05, 0) is 38.1 Å². The summed E-state index contributed by atoms with van der Waals surface area (Å²) in [6, 6.07) is 2.86. The molecule has 1 saturated heterocycles. The van der Waals surface area contributed by atoms with Gasteiger partial charge in [0.15, 0.2) is 0 Å². The van der Waals surface area contributed by atoms with Gasteiger partial charge in [-0.15, -0.1) is 0 Å². The van der Waals surface area contributed by atoms with Gasteiger partial charge in [0, 0.05) is 36.9 Å². The number of hydrogen-bond donors (Lipinski definition) is 1. The van der Waals surface area contributed by atoms with E-state index in [9.17, 15) is 0 Å². The normalized spacial score (nSPS) is 25.7. The highest BCUT2D eigenvalue weighted by Crippen LogP contribution is 2.34. The molecule has 0 saturated carbocycles. The number of nitrogens with zero attached hydrogens (tertiary/aromatic N) is 3. The molecule has 0 bridgehead atoms. The van der Waals surface area contributed by atoms with Crippen LogP contribution in [0.2, 0.25) is 0 Å². The molecule has 2 N–H and O–H groups in total. The van der Waals surface area contributed by atoms with Crippen molar-refractivity contribution in [2.75, 3.05) is 13.6 Å². The fourth-order valence-corrected chi connectivity index (χ4v) is 3.00. The van der Waals surface area contributed by atoms with E-state index in [1.165, 1.54) is 16.5 Å². The monoisotopic (exact) mass is 244 g/mol. The van der Waals surface area contributed by atoms with Gasteiger partial charge in [-0.3, -0.25) is 9.88 Å². The number of aryl methyl sites for hydroxylation is 1. The summed E-state index contributed by atoms with van der Waals surface area (Å²) in [5.74, 6) is 0. The molecule has 2 atom stereocenters. The van der Waals surface area contributed by atoms with Crippen molar-refractivity contribution in [3.05, 3.63) is 30.2 Å². The number of fused-ring (bicyclic) bond motifs is 1. The van der Waals surface area contributed by atoms with Crippen LogP contribution in [0.15, 0.2) is 24.7 Å². The molecule has 0 amide bonds. The van der Waals surface area contributed by atoms with Crippen LogP contribution in [0.1, 0.15) is 24.4 Å². The molecular weight excluding hydrogens is 224 g/mol. The van der Waals surface area contributed by atoms with Crippen molar-refractivity contribution in [2.45, 2.75) is 24.9 Å². The third-order valence-electron chi connectivity index (χ3n) is 4.09. The zero-order chi connectivity index (χ0) is 12.7. The lowest BCUT2D eigenvalue weighted by atomic mass is 9.93. The van der Waals surface area contributed by atoms with Crippen LogP contribution in [0, 0.1) is 0 Å². The predicted molar refractivity (Wildman–Crippen MR) is 73.3 cm³/mol. The van der Waals surface area contributed by atoms with Crippen molar-refractivity contribution in [2.24, 2.45) is 12.8 Å². The zero-order valence-electron chi connectivity index (χ0n) is 11.0. The summed E-state index contributed by atoms with van der Waals surface area (Å²) < 4.78 is 2.16. The highest BCUT2D eigenvalue weighted by molar-refractivity contribution is 5.83. The van der Waals surface area contributed by atoms with Gasteiger partial charge in [0.1, 0.15) is 0 Å². The first-order chi connectivity index (χ1) is 8.66. The maximum atomic E-state index is 6.13. The highest BCUT2D eigenvalue weighted by atomic mass is 15.1. The first-order valence-electron chi connectivity index (χ1n) is 6.51. The topological polar surface area (TPSA) is 47.1 Å². The molecule has 0 radical (unpaired) electrons. The Kier molecular flexibility index (Phi) is 2.84. The van der Waals surface area contributed by atoms with Crippen molar-refractivity contribution in [3.8, 4) is 0 Å². The SMILES string of the molecule is CN1CCC(N)CC1c1cn(C)c2cnccc12. The summed E-state index contributed by atoms with van der Waals surface area (Å²) in [6.07, 6.45) is 8.17. The number of rotatable bonds is 1. The Morgan fingerprint density at radius 3 is 3.06 bits per heavy atom. The lowest BCUT2D eigenvalue weighted by molar-refractivity contribution is 0.172. The lowest BCUT2D eigenvalue weighted by Gasteiger charge is -2.35. The quantitative estimate of drug-likeness (QED) is 0.830. The molecule has 18 heavy (non-hydrogen) atoms. The van der Waals surface area contributed by atoms with Crippen molar-refractivity contribution >= 4 is 10.9 Å². The predicted octanol–water partition coefficient (Wildman–Crippen LogP) is 1.67. The average molecular weight is 244 g/mol. The number of piperidine rings is 1. The summed E-state index contributed by atoms with van der Waals surface area (Å²) in [5.41, 5.74) is 8.71. The van der Waals surface area contributed by atoms with Crippen molar-refractivity contribution < 1.29 is 0 Å². The minimum atomic E-state index is 0.322. The fourth-order valence-electron chi connectivity index (χ4n) is 3.00. The van der Waals surface area contributed by atoms with Crippen LogP contribution < -0.4 is 5.73 Å².